The molecule has 8 heteroatoms. The molecule has 0 aliphatic carbocycles. The highest BCUT2D eigenvalue weighted by Crippen LogP contribution is 2.28. The predicted octanol–water partition coefficient (Wildman–Crippen LogP) is 4.47. The average Bonchev–Trinajstić information content (AvgIpc) is 2.32. The highest BCUT2D eigenvalue weighted by Gasteiger charge is 2.09. The zero-order chi connectivity index (χ0) is 14.7. The highest BCUT2D eigenvalue weighted by atomic mass is 79.9. The Hall–Kier alpha value is -1.11. The van der Waals surface area contributed by atoms with Crippen molar-refractivity contribution in [1.29, 1.82) is 0 Å². The lowest BCUT2D eigenvalue weighted by Gasteiger charge is -2.10. The van der Waals surface area contributed by atoms with Crippen molar-refractivity contribution in [2.75, 3.05) is 5.32 Å². The molecule has 0 radical (unpaired) electrons. The zero-order valence-electron chi connectivity index (χ0n) is 10.7. The highest BCUT2D eigenvalue weighted by molar-refractivity contribution is 9.10. The lowest BCUT2D eigenvalue weighted by Crippen LogP contribution is -2.10. The number of nitrogens with zero attached hydrogens (tertiary/aromatic N) is 3. The summed E-state index contributed by atoms with van der Waals surface area (Å²) in [4.78, 5) is 12.0. The Morgan fingerprint density at radius 3 is 2.65 bits per heavy atom. The molecule has 0 saturated carbocycles. The van der Waals surface area contributed by atoms with E-state index in [2.05, 4.69) is 36.2 Å². The number of benzene rings is 1. The van der Waals surface area contributed by atoms with Crippen LogP contribution >= 0.6 is 39.1 Å². The van der Waals surface area contributed by atoms with Crippen LogP contribution in [-0.4, -0.2) is 21.1 Å². The summed E-state index contributed by atoms with van der Waals surface area (Å²) in [7, 11) is 0. The standard InChI is InChI=1S/C12H11BrCl2N4O/c1-6(2)20-12-18-10(15)17-11(19-12)16-9-5-7(13)3-4-8(9)14/h3-6H,1-2H3,(H,16,17,18,19). The Morgan fingerprint density at radius 1 is 1.20 bits per heavy atom. The molecule has 0 atom stereocenters. The molecule has 1 heterocycles. The fraction of sp³-hybridized carbons (Fsp3) is 0.250. The molecule has 1 aromatic carbocycles. The fourth-order valence-electron chi connectivity index (χ4n) is 1.37. The Bertz CT molecular complexity index is 624. The van der Waals surface area contributed by atoms with Gasteiger partial charge in [0.1, 0.15) is 0 Å². The number of nitrogens with one attached hydrogen (secondary N) is 1. The van der Waals surface area contributed by atoms with E-state index in [1.54, 1.807) is 6.07 Å². The summed E-state index contributed by atoms with van der Waals surface area (Å²) in [5.74, 6) is 0.264. The van der Waals surface area contributed by atoms with Crippen LogP contribution in [0, 0.1) is 0 Å². The monoisotopic (exact) mass is 376 g/mol. The van der Waals surface area contributed by atoms with Crippen LogP contribution in [0.15, 0.2) is 22.7 Å². The molecule has 0 amide bonds. The molecule has 1 N–H and O–H groups in total. The summed E-state index contributed by atoms with van der Waals surface area (Å²) >= 11 is 15.3. The maximum atomic E-state index is 6.09. The lowest BCUT2D eigenvalue weighted by atomic mass is 10.3. The summed E-state index contributed by atoms with van der Waals surface area (Å²) in [6, 6.07) is 5.56. The van der Waals surface area contributed by atoms with Gasteiger partial charge in [-0.3, -0.25) is 0 Å². The van der Waals surface area contributed by atoms with Gasteiger partial charge in [0.2, 0.25) is 11.2 Å². The van der Waals surface area contributed by atoms with Gasteiger partial charge in [-0.05, 0) is 43.6 Å². The number of hydrogen-bond acceptors (Lipinski definition) is 5. The minimum Gasteiger partial charge on any atom is -0.461 e. The minimum atomic E-state index is -0.0595. The van der Waals surface area contributed by atoms with Crippen LogP contribution in [0.25, 0.3) is 0 Å². The SMILES string of the molecule is CC(C)Oc1nc(Cl)nc(Nc2cc(Br)ccc2Cl)n1. The topological polar surface area (TPSA) is 59.9 Å². The van der Waals surface area contributed by atoms with E-state index < -0.39 is 0 Å². The third-order valence-electron chi connectivity index (χ3n) is 2.10. The summed E-state index contributed by atoms with van der Waals surface area (Å²) in [6.45, 7) is 3.74. The van der Waals surface area contributed by atoms with Crippen molar-refractivity contribution in [3.8, 4) is 6.01 Å². The van der Waals surface area contributed by atoms with Gasteiger partial charge in [0.05, 0.1) is 16.8 Å². The minimum absolute atomic E-state index is 0.0456. The molecule has 0 saturated heterocycles. The van der Waals surface area contributed by atoms with Gasteiger partial charge in [0.25, 0.3) is 0 Å². The van der Waals surface area contributed by atoms with Crippen molar-refractivity contribution in [3.63, 3.8) is 0 Å². The Labute approximate surface area is 134 Å². The number of aromatic nitrogens is 3. The number of ether oxygens (including phenoxy) is 1. The molecule has 0 bridgehead atoms. The lowest BCUT2D eigenvalue weighted by molar-refractivity contribution is 0.222. The van der Waals surface area contributed by atoms with Gasteiger partial charge in [-0.15, -0.1) is 0 Å². The maximum Gasteiger partial charge on any atom is 0.322 e. The molecule has 5 nitrogen and oxygen atoms in total. The molecule has 0 fully saturated rings. The number of anilines is 2. The van der Waals surface area contributed by atoms with Crippen LogP contribution in [0.2, 0.25) is 10.3 Å². The van der Waals surface area contributed by atoms with Crippen LogP contribution < -0.4 is 10.1 Å². The van der Waals surface area contributed by atoms with E-state index in [0.29, 0.717) is 10.7 Å². The number of rotatable bonds is 4. The van der Waals surface area contributed by atoms with E-state index in [1.807, 2.05) is 26.0 Å². The van der Waals surface area contributed by atoms with E-state index in [4.69, 9.17) is 27.9 Å². The average molecular weight is 378 g/mol. The quantitative estimate of drug-likeness (QED) is 0.851. The molecule has 20 heavy (non-hydrogen) atoms. The first kappa shape index (κ1) is 15.3. The summed E-state index contributed by atoms with van der Waals surface area (Å²) < 4.78 is 6.28. The van der Waals surface area contributed by atoms with Crippen LogP contribution in [0.1, 0.15) is 13.8 Å². The Morgan fingerprint density at radius 2 is 1.95 bits per heavy atom. The van der Waals surface area contributed by atoms with Crippen molar-refractivity contribution in [3.05, 3.63) is 33.0 Å². The molecule has 0 aliphatic heterocycles. The van der Waals surface area contributed by atoms with E-state index >= 15 is 0 Å². The largest absolute Gasteiger partial charge is 0.461 e. The number of hydrogen-bond donors (Lipinski definition) is 1. The molecule has 0 spiro atoms. The van der Waals surface area contributed by atoms with Gasteiger partial charge in [-0.2, -0.15) is 15.0 Å². The first-order valence-corrected chi connectivity index (χ1v) is 7.29. The molecule has 2 rings (SSSR count). The smallest absolute Gasteiger partial charge is 0.322 e. The Balaban J connectivity index is 2.28. The van der Waals surface area contributed by atoms with Crippen molar-refractivity contribution in [2.45, 2.75) is 20.0 Å². The zero-order valence-corrected chi connectivity index (χ0v) is 13.8. The molecular weight excluding hydrogens is 367 g/mol. The second-order valence-electron chi connectivity index (χ2n) is 4.13. The van der Waals surface area contributed by atoms with Gasteiger partial charge >= 0.3 is 6.01 Å². The molecular formula is C12H11BrCl2N4O. The van der Waals surface area contributed by atoms with E-state index in [1.165, 1.54) is 0 Å². The number of halogens is 3. The van der Waals surface area contributed by atoms with Gasteiger partial charge < -0.3 is 10.1 Å². The summed E-state index contributed by atoms with van der Waals surface area (Å²) in [5, 5.41) is 3.56. The summed E-state index contributed by atoms with van der Waals surface area (Å²) in [6.07, 6.45) is -0.0595. The van der Waals surface area contributed by atoms with Crippen molar-refractivity contribution in [1.82, 2.24) is 15.0 Å². The van der Waals surface area contributed by atoms with Crippen LogP contribution in [0.3, 0.4) is 0 Å². The fourth-order valence-corrected chi connectivity index (χ4v) is 2.04. The van der Waals surface area contributed by atoms with Crippen LogP contribution in [0.5, 0.6) is 6.01 Å². The summed E-state index contributed by atoms with van der Waals surface area (Å²) in [5.41, 5.74) is 0.652. The van der Waals surface area contributed by atoms with Crippen molar-refractivity contribution < 1.29 is 4.74 Å². The predicted molar refractivity (Wildman–Crippen MR) is 83.0 cm³/mol. The van der Waals surface area contributed by atoms with Crippen molar-refractivity contribution in [2.24, 2.45) is 0 Å². The van der Waals surface area contributed by atoms with Crippen LogP contribution in [-0.2, 0) is 0 Å². The van der Waals surface area contributed by atoms with E-state index in [9.17, 15) is 0 Å². The van der Waals surface area contributed by atoms with E-state index in [0.717, 1.165) is 4.47 Å². The third-order valence-corrected chi connectivity index (χ3v) is 3.10. The van der Waals surface area contributed by atoms with Gasteiger partial charge in [-0.1, -0.05) is 27.5 Å². The molecule has 2 aromatic rings. The van der Waals surface area contributed by atoms with E-state index in [-0.39, 0.29) is 23.3 Å². The van der Waals surface area contributed by atoms with Gasteiger partial charge in [-0.25, -0.2) is 0 Å². The Kier molecular flexibility index (Phi) is 5.01. The van der Waals surface area contributed by atoms with Gasteiger partial charge in [0, 0.05) is 4.47 Å². The van der Waals surface area contributed by atoms with Crippen LogP contribution in [0.4, 0.5) is 11.6 Å². The molecule has 1 aromatic heterocycles. The first-order chi connectivity index (χ1) is 9.44. The van der Waals surface area contributed by atoms with Crippen molar-refractivity contribution >= 4 is 50.8 Å². The molecule has 0 aliphatic rings. The first-order valence-electron chi connectivity index (χ1n) is 5.74. The third kappa shape index (κ3) is 4.19. The normalized spacial score (nSPS) is 10.7. The van der Waals surface area contributed by atoms with Gasteiger partial charge in [0.15, 0.2) is 0 Å². The molecule has 0 unspecified atom stereocenters. The maximum absolute atomic E-state index is 6.09. The second-order valence-corrected chi connectivity index (χ2v) is 5.79. The molecule has 106 valence electrons. The second kappa shape index (κ2) is 6.56.